The van der Waals surface area contributed by atoms with Crippen molar-refractivity contribution in [2.75, 3.05) is 45.8 Å². The van der Waals surface area contributed by atoms with Gasteiger partial charge in [-0.3, -0.25) is 0 Å². The lowest BCUT2D eigenvalue weighted by molar-refractivity contribution is 0.300. The predicted molar refractivity (Wildman–Crippen MR) is 205 cm³/mol. The molecule has 258 valence electrons. The number of nitrogens with zero attached hydrogens (tertiary/aromatic N) is 4. The summed E-state index contributed by atoms with van der Waals surface area (Å²) < 4.78 is 0. The molecule has 0 fully saturated rings. The Kier molecular flexibility index (Phi) is 14.5. The minimum absolute atomic E-state index is 0.0261. The van der Waals surface area contributed by atoms with Crippen LogP contribution in [0.3, 0.4) is 0 Å². The molecule has 0 unspecified atom stereocenters. The van der Waals surface area contributed by atoms with Gasteiger partial charge in [0.2, 0.25) is 0 Å². The maximum atomic E-state index is 2.83. The molecule has 4 rings (SSSR count). The largest absolute Gasteiger partial charge is 0.347 e. The molecule has 2 aromatic carbocycles. The Hall–Kier alpha value is -2.36. The summed E-state index contributed by atoms with van der Waals surface area (Å²) in [7, 11) is 0. The normalized spacial score (nSPS) is 16.4. The van der Waals surface area contributed by atoms with Gasteiger partial charge in [-0.05, 0) is 76.6 Å². The lowest BCUT2D eigenvalue weighted by Crippen LogP contribution is -2.60. The molecule has 0 aromatic heterocycles. The van der Waals surface area contributed by atoms with Crippen LogP contribution in [0.1, 0.15) is 157 Å². The highest BCUT2D eigenvalue weighted by Crippen LogP contribution is 2.51. The van der Waals surface area contributed by atoms with Crippen LogP contribution in [0.15, 0.2) is 48.5 Å². The molecule has 0 saturated carbocycles. The zero-order valence-corrected chi connectivity index (χ0v) is 31.0. The van der Waals surface area contributed by atoms with Gasteiger partial charge in [-0.1, -0.05) is 129 Å². The topological polar surface area (TPSA) is 13.0 Å². The van der Waals surface area contributed by atoms with Gasteiger partial charge in [0.1, 0.15) is 11.3 Å². The summed E-state index contributed by atoms with van der Waals surface area (Å²) in [5.74, 6) is 0. The number of hydrogen-bond donors (Lipinski definition) is 0. The number of benzene rings is 2. The SMILES string of the molecule is CCCCCCN1c2ccccc2N(CCCCCC)C1(C)CCC1(C)N(CCCCCC)c2ccccc2N1CCCCCC. The third-order valence-corrected chi connectivity index (χ3v) is 11.3. The van der Waals surface area contributed by atoms with Gasteiger partial charge in [-0.25, -0.2) is 0 Å². The summed E-state index contributed by atoms with van der Waals surface area (Å²) in [6.07, 6.45) is 23.2. The molecule has 0 radical (unpaired) electrons. The van der Waals surface area contributed by atoms with Gasteiger partial charge in [-0.2, -0.15) is 0 Å². The molecule has 0 spiro atoms. The Balaban J connectivity index is 1.66. The van der Waals surface area contributed by atoms with E-state index >= 15 is 0 Å². The number of rotatable bonds is 23. The van der Waals surface area contributed by atoms with Crippen molar-refractivity contribution in [3.05, 3.63) is 48.5 Å². The molecule has 0 aliphatic carbocycles. The van der Waals surface area contributed by atoms with Crippen LogP contribution in [0, 0.1) is 0 Å². The fourth-order valence-corrected chi connectivity index (χ4v) is 8.42. The Morgan fingerprint density at radius 2 is 0.609 bits per heavy atom. The van der Waals surface area contributed by atoms with E-state index in [0.29, 0.717) is 0 Å². The van der Waals surface area contributed by atoms with E-state index in [2.05, 4.69) is 110 Å². The number of fused-ring (bicyclic) bond motifs is 2. The monoisotopic (exact) mass is 631 g/mol. The molecule has 2 aromatic rings. The van der Waals surface area contributed by atoms with Gasteiger partial charge >= 0.3 is 0 Å². The van der Waals surface area contributed by atoms with Crippen LogP contribution in [0.25, 0.3) is 0 Å². The lowest BCUT2D eigenvalue weighted by Gasteiger charge is -2.49. The van der Waals surface area contributed by atoms with Crippen molar-refractivity contribution in [3.8, 4) is 0 Å². The second-order valence-electron chi connectivity index (χ2n) is 14.8. The van der Waals surface area contributed by atoms with Crippen LogP contribution in [-0.2, 0) is 0 Å². The first-order valence-electron chi connectivity index (χ1n) is 19.7. The summed E-state index contributed by atoms with van der Waals surface area (Å²) in [5, 5.41) is 0. The molecular weight excluding hydrogens is 560 g/mol. The first-order chi connectivity index (χ1) is 22.5. The highest BCUT2D eigenvalue weighted by atomic mass is 15.5. The molecule has 0 bridgehead atoms. The van der Waals surface area contributed by atoms with Gasteiger partial charge in [0.15, 0.2) is 0 Å². The summed E-state index contributed by atoms with van der Waals surface area (Å²) in [6.45, 7) is 19.1. The summed E-state index contributed by atoms with van der Waals surface area (Å²) in [6, 6.07) is 18.7. The first kappa shape index (κ1) is 36.5. The summed E-state index contributed by atoms with van der Waals surface area (Å²) in [4.78, 5) is 11.3. The highest BCUT2D eigenvalue weighted by molar-refractivity contribution is 5.81. The van der Waals surface area contributed by atoms with Crippen LogP contribution in [0.5, 0.6) is 0 Å². The van der Waals surface area contributed by atoms with Gasteiger partial charge in [0.05, 0.1) is 22.7 Å². The van der Waals surface area contributed by atoms with Crippen molar-refractivity contribution in [3.63, 3.8) is 0 Å². The molecule has 0 N–H and O–H groups in total. The van der Waals surface area contributed by atoms with Crippen molar-refractivity contribution >= 4 is 22.7 Å². The third-order valence-electron chi connectivity index (χ3n) is 11.3. The first-order valence-corrected chi connectivity index (χ1v) is 19.7. The maximum Gasteiger partial charge on any atom is 0.110 e. The van der Waals surface area contributed by atoms with Gasteiger partial charge in [0.25, 0.3) is 0 Å². The summed E-state index contributed by atoms with van der Waals surface area (Å²) >= 11 is 0. The predicted octanol–water partition coefficient (Wildman–Crippen LogP) is 12.2. The van der Waals surface area contributed by atoms with Crippen LogP contribution >= 0.6 is 0 Å². The van der Waals surface area contributed by atoms with E-state index in [1.165, 1.54) is 125 Å². The van der Waals surface area contributed by atoms with E-state index in [0.717, 1.165) is 39.0 Å². The van der Waals surface area contributed by atoms with E-state index in [9.17, 15) is 0 Å². The van der Waals surface area contributed by atoms with E-state index in [-0.39, 0.29) is 11.3 Å². The van der Waals surface area contributed by atoms with E-state index in [4.69, 9.17) is 0 Å². The number of anilines is 4. The average molecular weight is 631 g/mol. The lowest BCUT2D eigenvalue weighted by atomic mass is 9.93. The smallest absolute Gasteiger partial charge is 0.110 e. The van der Waals surface area contributed by atoms with Crippen molar-refractivity contribution < 1.29 is 0 Å². The number of para-hydroxylation sites is 4. The Bertz CT molecular complexity index is 976. The maximum absolute atomic E-state index is 2.83. The Morgan fingerprint density at radius 1 is 0.370 bits per heavy atom. The second kappa shape index (κ2) is 18.3. The fourth-order valence-electron chi connectivity index (χ4n) is 8.42. The Labute approximate surface area is 284 Å². The zero-order valence-electron chi connectivity index (χ0n) is 31.0. The molecule has 2 aliphatic heterocycles. The van der Waals surface area contributed by atoms with E-state index < -0.39 is 0 Å². The minimum Gasteiger partial charge on any atom is -0.347 e. The van der Waals surface area contributed by atoms with Crippen molar-refractivity contribution in [1.82, 2.24) is 0 Å². The molecule has 2 heterocycles. The zero-order chi connectivity index (χ0) is 32.8. The van der Waals surface area contributed by atoms with Crippen LogP contribution in [0.2, 0.25) is 0 Å². The van der Waals surface area contributed by atoms with Crippen molar-refractivity contribution in [2.45, 2.75) is 168 Å². The fraction of sp³-hybridized carbons (Fsp3) is 0.714. The highest BCUT2D eigenvalue weighted by Gasteiger charge is 2.50. The minimum atomic E-state index is -0.0261. The molecule has 0 amide bonds. The average Bonchev–Trinajstić information content (AvgIpc) is 3.45. The quantitative estimate of drug-likeness (QED) is 0.113. The van der Waals surface area contributed by atoms with Crippen LogP contribution in [0.4, 0.5) is 22.7 Å². The Morgan fingerprint density at radius 3 is 0.826 bits per heavy atom. The van der Waals surface area contributed by atoms with Gasteiger partial charge in [0, 0.05) is 26.2 Å². The molecule has 2 aliphatic rings. The standard InChI is InChI=1S/C42H70N4/c1-7-11-15-23-33-43-37-27-19-20-28-38(37)44(34-24-16-12-8-2)41(43,5)31-32-42(6)45(35-25-17-13-9-3)39-29-21-22-30-40(39)46(42)36-26-18-14-10-4/h19-22,27-30H,7-18,23-26,31-36H2,1-6H3. The van der Waals surface area contributed by atoms with Gasteiger partial charge < -0.3 is 19.6 Å². The second-order valence-corrected chi connectivity index (χ2v) is 14.8. The summed E-state index contributed by atoms with van der Waals surface area (Å²) in [5.41, 5.74) is 5.80. The molecule has 4 nitrogen and oxygen atoms in total. The van der Waals surface area contributed by atoms with Crippen LogP contribution < -0.4 is 19.6 Å². The molecule has 4 heteroatoms. The van der Waals surface area contributed by atoms with E-state index in [1.807, 2.05) is 0 Å². The van der Waals surface area contributed by atoms with Crippen molar-refractivity contribution in [2.24, 2.45) is 0 Å². The molecule has 0 atom stereocenters. The number of hydrogen-bond acceptors (Lipinski definition) is 4. The molecule has 0 saturated heterocycles. The number of unbranched alkanes of at least 4 members (excludes halogenated alkanes) is 12. The van der Waals surface area contributed by atoms with E-state index in [1.54, 1.807) is 0 Å². The van der Waals surface area contributed by atoms with Crippen molar-refractivity contribution in [1.29, 1.82) is 0 Å². The third kappa shape index (κ3) is 8.37. The van der Waals surface area contributed by atoms with Crippen LogP contribution in [-0.4, -0.2) is 37.5 Å². The van der Waals surface area contributed by atoms with Gasteiger partial charge in [-0.15, -0.1) is 0 Å². The molecular formula is C42H70N4. The molecule has 46 heavy (non-hydrogen) atoms.